The van der Waals surface area contributed by atoms with Gasteiger partial charge in [-0.2, -0.15) is 26.3 Å². The summed E-state index contributed by atoms with van der Waals surface area (Å²) in [5.41, 5.74) is -3.25. The first-order valence-electron chi connectivity index (χ1n) is 6.47. The summed E-state index contributed by atoms with van der Waals surface area (Å²) in [4.78, 5) is 14.9. The van der Waals surface area contributed by atoms with Gasteiger partial charge in [0.1, 0.15) is 0 Å². The van der Waals surface area contributed by atoms with Gasteiger partial charge in [0.2, 0.25) is 5.96 Å². The van der Waals surface area contributed by atoms with Crippen molar-refractivity contribution in [2.45, 2.75) is 18.4 Å². The molecule has 24 heavy (non-hydrogen) atoms. The molecule has 1 atom stereocenters. The van der Waals surface area contributed by atoms with Crippen LogP contribution in [0.4, 0.5) is 31.1 Å². The number of amides is 1. The van der Waals surface area contributed by atoms with Gasteiger partial charge in [0, 0.05) is 6.54 Å². The zero-order valence-corrected chi connectivity index (χ0v) is 12.0. The van der Waals surface area contributed by atoms with Crippen molar-refractivity contribution in [3.8, 4) is 0 Å². The first kappa shape index (κ1) is 17.9. The Morgan fingerprint density at radius 3 is 2.46 bits per heavy atom. The van der Waals surface area contributed by atoms with Crippen molar-refractivity contribution in [2.24, 2.45) is 4.99 Å². The number of benzene rings is 1. The monoisotopic (exact) mass is 355 g/mol. The van der Waals surface area contributed by atoms with Gasteiger partial charge in [-0.25, -0.2) is 9.79 Å². The number of methoxy groups -OCH3 is 1. The fraction of sp³-hybridized carbons (Fsp3) is 0.385. The Labute approximate surface area is 131 Å². The Hall–Kier alpha value is -2.46. The van der Waals surface area contributed by atoms with Gasteiger partial charge in [0.15, 0.2) is 0 Å². The predicted molar refractivity (Wildman–Crippen MR) is 70.2 cm³/mol. The fourth-order valence-corrected chi connectivity index (χ4v) is 2.11. The molecule has 2 N–H and O–H groups in total. The molecule has 1 aliphatic rings. The average molecular weight is 355 g/mol. The minimum absolute atomic E-state index is 0.0522. The van der Waals surface area contributed by atoms with Crippen LogP contribution >= 0.6 is 0 Å². The van der Waals surface area contributed by atoms with E-state index in [1.54, 1.807) is 0 Å². The standard InChI is InChI=1S/C13H11F6N3O2/c1-24-11(23)22-10-20-5-9(21-10)7-3-2-6(12(14,15)16)4-8(7)13(17,18)19/h2-4,9H,5H2,1H3,(H2,20,21,22,23). The van der Waals surface area contributed by atoms with E-state index in [0.717, 1.165) is 13.2 Å². The maximum absolute atomic E-state index is 13.1. The highest BCUT2D eigenvalue weighted by molar-refractivity contribution is 5.94. The molecule has 0 saturated heterocycles. The summed E-state index contributed by atoms with van der Waals surface area (Å²) in [7, 11) is 1.08. The van der Waals surface area contributed by atoms with E-state index in [9.17, 15) is 31.1 Å². The molecule has 0 radical (unpaired) electrons. The topological polar surface area (TPSA) is 62.7 Å². The van der Waals surface area contributed by atoms with E-state index in [0.29, 0.717) is 6.07 Å². The van der Waals surface area contributed by atoms with Gasteiger partial charge < -0.3 is 10.1 Å². The molecular formula is C13H11F6N3O2. The van der Waals surface area contributed by atoms with Crippen molar-refractivity contribution >= 4 is 12.1 Å². The predicted octanol–water partition coefficient (Wildman–Crippen LogP) is 3.08. The zero-order valence-electron chi connectivity index (χ0n) is 12.0. The third-order valence-corrected chi connectivity index (χ3v) is 3.20. The number of aliphatic imine (C=N–C) groups is 1. The molecule has 132 valence electrons. The fourth-order valence-electron chi connectivity index (χ4n) is 2.11. The highest BCUT2D eigenvalue weighted by Crippen LogP contribution is 2.40. The first-order chi connectivity index (χ1) is 11.0. The lowest BCUT2D eigenvalue weighted by molar-refractivity contribution is -0.143. The summed E-state index contributed by atoms with van der Waals surface area (Å²) in [5.74, 6) is -0.125. The number of carbonyl (C=O) groups is 1. The Bertz CT molecular complexity index is 669. The van der Waals surface area contributed by atoms with Crippen molar-refractivity contribution in [1.82, 2.24) is 10.6 Å². The number of ether oxygens (including phenoxy) is 1. The summed E-state index contributed by atoms with van der Waals surface area (Å²) in [6.45, 7) is -0.117. The van der Waals surface area contributed by atoms with Gasteiger partial charge in [-0.05, 0) is 17.7 Å². The average Bonchev–Trinajstić information content (AvgIpc) is 2.93. The summed E-state index contributed by atoms with van der Waals surface area (Å²) < 4.78 is 81.5. The Kier molecular flexibility index (Phi) is 4.63. The van der Waals surface area contributed by atoms with Crippen LogP contribution in [0.2, 0.25) is 0 Å². The molecular weight excluding hydrogens is 344 g/mol. The van der Waals surface area contributed by atoms with Crippen LogP contribution in [0.1, 0.15) is 22.7 Å². The molecule has 5 nitrogen and oxygen atoms in total. The molecule has 1 heterocycles. The van der Waals surface area contributed by atoms with E-state index in [-0.39, 0.29) is 18.6 Å². The third kappa shape index (κ3) is 3.89. The number of hydrogen-bond acceptors (Lipinski definition) is 4. The number of rotatable bonds is 1. The van der Waals surface area contributed by atoms with Crippen LogP contribution in [0.5, 0.6) is 0 Å². The molecule has 1 amide bonds. The van der Waals surface area contributed by atoms with Gasteiger partial charge in [-0.15, -0.1) is 0 Å². The lowest BCUT2D eigenvalue weighted by Crippen LogP contribution is -2.38. The smallest absolute Gasteiger partial charge is 0.416 e. The zero-order chi connectivity index (χ0) is 18.1. The molecule has 0 fully saturated rings. The number of carbonyl (C=O) groups excluding carboxylic acids is 1. The van der Waals surface area contributed by atoms with E-state index in [1.165, 1.54) is 0 Å². The number of alkyl carbamates (subject to hydrolysis) is 1. The molecule has 11 heteroatoms. The van der Waals surface area contributed by atoms with Crippen LogP contribution in [0.25, 0.3) is 0 Å². The van der Waals surface area contributed by atoms with Crippen LogP contribution in [-0.4, -0.2) is 25.7 Å². The Morgan fingerprint density at radius 2 is 1.92 bits per heavy atom. The lowest BCUT2D eigenvalue weighted by Gasteiger charge is -2.18. The van der Waals surface area contributed by atoms with Crippen molar-refractivity contribution in [1.29, 1.82) is 0 Å². The van der Waals surface area contributed by atoms with Gasteiger partial charge in [-0.1, -0.05) is 6.07 Å². The van der Waals surface area contributed by atoms with Crippen LogP contribution in [0, 0.1) is 0 Å². The largest absolute Gasteiger partial charge is 0.453 e. The molecule has 1 unspecified atom stereocenters. The SMILES string of the molecule is COC(=O)NC1=NC(c2ccc(C(F)(F)F)cc2C(F)(F)F)CN1. The quantitative estimate of drug-likeness (QED) is 0.761. The van der Waals surface area contributed by atoms with E-state index in [1.807, 2.05) is 0 Å². The molecule has 2 rings (SSSR count). The second kappa shape index (κ2) is 6.21. The van der Waals surface area contributed by atoms with Crippen LogP contribution in [0.3, 0.4) is 0 Å². The van der Waals surface area contributed by atoms with Crippen molar-refractivity contribution < 1.29 is 35.9 Å². The van der Waals surface area contributed by atoms with Gasteiger partial charge in [0.05, 0.1) is 24.3 Å². The minimum Gasteiger partial charge on any atom is -0.453 e. The lowest BCUT2D eigenvalue weighted by atomic mass is 9.97. The molecule has 0 spiro atoms. The molecule has 0 aromatic heterocycles. The number of hydrogen-bond donors (Lipinski definition) is 2. The van der Waals surface area contributed by atoms with Crippen LogP contribution in [0.15, 0.2) is 23.2 Å². The summed E-state index contributed by atoms with van der Waals surface area (Å²) >= 11 is 0. The number of halogens is 6. The summed E-state index contributed by atoms with van der Waals surface area (Å²) in [6.07, 6.45) is -10.8. The van der Waals surface area contributed by atoms with Crippen molar-refractivity contribution in [3.63, 3.8) is 0 Å². The Morgan fingerprint density at radius 1 is 1.25 bits per heavy atom. The maximum Gasteiger partial charge on any atom is 0.416 e. The molecule has 1 aromatic rings. The maximum atomic E-state index is 13.1. The highest BCUT2D eigenvalue weighted by Gasteiger charge is 2.40. The van der Waals surface area contributed by atoms with Crippen LogP contribution in [-0.2, 0) is 17.1 Å². The van der Waals surface area contributed by atoms with Crippen molar-refractivity contribution in [3.05, 3.63) is 34.9 Å². The van der Waals surface area contributed by atoms with E-state index < -0.39 is 41.2 Å². The summed E-state index contributed by atoms with van der Waals surface area (Å²) in [5, 5.41) is 4.68. The minimum atomic E-state index is -4.98. The Balaban J connectivity index is 2.39. The van der Waals surface area contributed by atoms with Crippen LogP contribution < -0.4 is 10.6 Å². The normalized spacial score (nSPS) is 18.0. The first-order valence-corrected chi connectivity index (χ1v) is 6.47. The van der Waals surface area contributed by atoms with E-state index in [4.69, 9.17) is 0 Å². The van der Waals surface area contributed by atoms with Gasteiger partial charge in [-0.3, -0.25) is 5.32 Å². The number of nitrogens with one attached hydrogen (secondary N) is 2. The summed E-state index contributed by atoms with van der Waals surface area (Å²) in [6, 6.07) is 0.251. The second-order valence-corrected chi connectivity index (χ2v) is 4.79. The molecule has 0 saturated carbocycles. The number of nitrogens with zero attached hydrogens (tertiary/aromatic N) is 1. The molecule has 1 aliphatic heterocycles. The van der Waals surface area contributed by atoms with Gasteiger partial charge in [0.25, 0.3) is 0 Å². The third-order valence-electron chi connectivity index (χ3n) is 3.20. The molecule has 0 bridgehead atoms. The van der Waals surface area contributed by atoms with E-state index in [2.05, 4.69) is 20.4 Å². The molecule has 1 aromatic carbocycles. The highest BCUT2D eigenvalue weighted by atomic mass is 19.4. The number of alkyl halides is 6. The number of guanidine groups is 1. The van der Waals surface area contributed by atoms with Gasteiger partial charge >= 0.3 is 18.4 Å². The second-order valence-electron chi connectivity index (χ2n) is 4.79. The van der Waals surface area contributed by atoms with E-state index >= 15 is 0 Å². The molecule has 0 aliphatic carbocycles. The van der Waals surface area contributed by atoms with Crippen molar-refractivity contribution in [2.75, 3.05) is 13.7 Å².